The molecule has 10 heteroatoms. The van der Waals surface area contributed by atoms with Crippen LogP contribution in [-0.4, -0.2) is 26.3 Å². The van der Waals surface area contributed by atoms with Gasteiger partial charge in [-0.2, -0.15) is 0 Å². The van der Waals surface area contributed by atoms with Gasteiger partial charge in [0.15, 0.2) is 0 Å². The molecule has 14 rings (SSSR count). The van der Waals surface area contributed by atoms with E-state index in [0.29, 0.717) is 5.46 Å². The fourth-order valence-corrected chi connectivity index (χ4v) is 11.1. The molecule has 0 radical (unpaired) electrons. The molecule has 336 valence electrons. The fourth-order valence-electron chi connectivity index (χ4n) is 9.77. The number of hydrogen-bond donors (Lipinski definition) is 2. The van der Waals surface area contributed by atoms with E-state index in [4.69, 9.17) is 8.83 Å². The number of halogens is 3. The normalized spacial score (nSPS) is 11.5. The third-order valence-electron chi connectivity index (χ3n) is 12.9. The third kappa shape index (κ3) is 7.64. The summed E-state index contributed by atoms with van der Waals surface area (Å²) >= 11 is 10.6. The molecule has 10 aromatic carbocycles. The Bertz CT molecular complexity index is 4220. The van der Waals surface area contributed by atoms with E-state index in [1.807, 2.05) is 72.8 Å². The maximum Gasteiger partial charge on any atom is 0.488 e. The average Bonchev–Trinajstić information content (AvgIpc) is 4.16. The molecule has 4 aromatic heterocycles. The van der Waals surface area contributed by atoms with Crippen molar-refractivity contribution in [2.45, 2.75) is 0 Å². The largest absolute Gasteiger partial charge is 0.488 e. The van der Waals surface area contributed by atoms with Crippen LogP contribution in [0.2, 0.25) is 0 Å². The van der Waals surface area contributed by atoms with E-state index < -0.39 is 7.12 Å². The SMILES string of the molecule is Brc1cccc2c1oc1c(-c3ccc4c(c3)c3ccccc3n4-c3ccccc3)cccc12.Brc1cccc2c1oc1c(Br)cccc12.OB(O)c1ccc2c(c1)c1ccccc1n2-c1ccccc1. The van der Waals surface area contributed by atoms with Gasteiger partial charge in [0, 0.05) is 60.0 Å². The zero-order chi connectivity index (χ0) is 47.5. The minimum atomic E-state index is -1.46. The molecule has 0 atom stereocenters. The molecule has 0 aliphatic rings. The lowest BCUT2D eigenvalue weighted by atomic mass is 9.80. The molecule has 70 heavy (non-hydrogen) atoms. The summed E-state index contributed by atoms with van der Waals surface area (Å²) in [6.45, 7) is 0. The van der Waals surface area contributed by atoms with Gasteiger partial charge in [0.2, 0.25) is 0 Å². The number of rotatable bonds is 4. The second kappa shape index (κ2) is 18.3. The van der Waals surface area contributed by atoms with Gasteiger partial charge in [-0.05, 0) is 132 Å². The lowest BCUT2D eigenvalue weighted by Crippen LogP contribution is -2.29. The second-order valence-electron chi connectivity index (χ2n) is 17.0. The highest BCUT2D eigenvalue weighted by Crippen LogP contribution is 2.41. The van der Waals surface area contributed by atoms with Gasteiger partial charge in [-0.1, -0.05) is 146 Å². The summed E-state index contributed by atoms with van der Waals surface area (Å²) in [5, 5.41) is 28.0. The van der Waals surface area contributed by atoms with Gasteiger partial charge in [-0.3, -0.25) is 0 Å². The fraction of sp³-hybridized carbons (Fsp3) is 0. The molecule has 0 saturated heterocycles. The summed E-state index contributed by atoms with van der Waals surface area (Å²) in [5.74, 6) is 0. The molecule has 4 heterocycles. The van der Waals surface area contributed by atoms with Crippen LogP contribution in [0.3, 0.4) is 0 Å². The van der Waals surface area contributed by atoms with Crippen LogP contribution >= 0.6 is 47.8 Å². The number of hydrogen-bond acceptors (Lipinski definition) is 4. The molecule has 0 saturated carbocycles. The van der Waals surface area contributed by atoms with Crippen molar-refractivity contribution < 1.29 is 18.9 Å². The first kappa shape index (κ1) is 44.1. The van der Waals surface area contributed by atoms with Crippen LogP contribution in [0.25, 0.3) is 110 Å². The third-order valence-corrected chi connectivity index (χ3v) is 14.8. The Morgan fingerprint density at radius 3 is 1.21 bits per heavy atom. The first-order valence-corrected chi connectivity index (χ1v) is 25.1. The van der Waals surface area contributed by atoms with Gasteiger partial charge in [0.1, 0.15) is 22.3 Å². The molecular weight excluding hydrogens is 1060 g/mol. The number of fused-ring (bicyclic) bond motifs is 12. The van der Waals surface area contributed by atoms with Gasteiger partial charge in [-0.15, -0.1) is 0 Å². The lowest BCUT2D eigenvalue weighted by molar-refractivity contribution is 0.426. The van der Waals surface area contributed by atoms with E-state index in [2.05, 4.69) is 196 Å². The Balaban J connectivity index is 0.000000117. The summed E-state index contributed by atoms with van der Waals surface area (Å²) in [6, 6.07) is 74.5. The summed E-state index contributed by atoms with van der Waals surface area (Å²) < 4.78 is 19.7. The summed E-state index contributed by atoms with van der Waals surface area (Å²) in [4.78, 5) is 0. The molecule has 0 fully saturated rings. The van der Waals surface area contributed by atoms with Crippen molar-refractivity contribution in [3.63, 3.8) is 0 Å². The van der Waals surface area contributed by atoms with E-state index in [1.165, 1.54) is 27.5 Å². The number of benzene rings is 10. The maximum absolute atomic E-state index is 9.43. The quantitative estimate of drug-likeness (QED) is 0.172. The summed E-state index contributed by atoms with van der Waals surface area (Å²) in [6.07, 6.45) is 0. The van der Waals surface area contributed by atoms with E-state index >= 15 is 0 Å². The Kier molecular flexibility index (Phi) is 11.5. The van der Waals surface area contributed by atoms with Crippen molar-refractivity contribution in [3.8, 4) is 22.5 Å². The molecule has 2 N–H and O–H groups in total. The van der Waals surface area contributed by atoms with Crippen LogP contribution in [0.4, 0.5) is 0 Å². The van der Waals surface area contributed by atoms with Crippen molar-refractivity contribution in [1.29, 1.82) is 0 Å². The van der Waals surface area contributed by atoms with Crippen LogP contribution in [0.1, 0.15) is 0 Å². The number of nitrogens with zero attached hydrogens (tertiary/aromatic N) is 2. The monoisotopic (exact) mass is 1100 g/mol. The summed E-state index contributed by atoms with van der Waals surface area (Å²) in [5.41, 5.74) is 13.2. The average molecular weight is 1100 g/mol. The standard InChI is InChI=1S/C30H18BrNO.C18H14BNO2.C12H6Br2O/c31-26-14-7-13-24-23-12-6-11-21(29(23)33-30(24)26)19-16-17-28-25(18-19)22-10-4-5-15-27(22)32(28)20-8-2-1-3-9-20;21-19(22)13-10-11-18-16(12-13)15-8-4-5-9-17(15)20(18)14-6-2-1-3-7-14;13-9-5-1-3-7-8-4-2-6-10(14)12(8)15-11(7)9/h1-18H;1-12,21-22H;1-6H. The number of aromatic nitrogens is 2. The van der Waals surface area contributed by atoms with Crippen molar-refractivity contribution in [2.24, 2.45) is 0 Å². The van der Waals surface area contributed by atoms with E-state index in [0.717, 1.165) is 95.9 Å². The molecular formula is C60H38BBr3N2O4. The minimum absolute atomic E-state index is 0.503. The van der Waals surface area contributed by atoms with Crippen molar-refractivity contribution >= 4 is 148 Å². The molecule has 0 spiro atoms. The molecule has 0 unspecified atom stereocenters. The van der Waals surface area contributed by atoms with Crippen LogP contribution in [0.15, 0.2) is 241 Å². The first-order chi connectivity index (χ1) is 34.3. The maximum atomic E-state index is 9.43. The van der Waals surface area contributed by atoms with E-state index in [1.54, 1.807) is 6.07 Å². The predicted molar refractivity (Wildman–Crippen MR) is 301 cm³/mol. The minimum Gasteiger partial charge on any atom is -0.454 e. The first-order valence-electron chi connectivity index (χ1n) is 22.7. The van der Waals surface area contributed by atoms with Gasteiger partial charge >= 0.3 is 7.12 Å². The molecule has 0 bridgehead atoms. The van der Waals surface area contributed by atoms with Crippen LogP contribution in [-0.2, 0) is 0 Å². The highest BCUT2D eigenvalue weighted by Gasteiger charge is 2.19. The molecule has 0 amide bonds. The molecule has 14 aromatic rings. The molecule has 6 nitrogen and oxygen atoms in total. The zero-order valence-corrected chi connectivity index (χ0v) is 41.9. The van der Waals surface area contributed by atoms with E-state index in [-0.39, 0.29) is 0 Å². The predicted octanol–water partition coefficient (Wildman–Crippen LogP) is 16.7. The van der Waals surface area contributed by atoms with Gasteiger partial charge in [0.05, 0.1) is 35.5 Å². The van der Waals surface area contributed by atoms with Crippen molar-refractivity contribution in [2.75, 3.05) is 0 Å². The van der Waals surface area contributed by atoms with Crippen LogP contribution in [0, 0.1) is 0 Å². The van der Waals surface area contributed by atoms with Crippen molar-refractivity contribution in [3.05, 3.63) is 232 Å². The van der Waals surface area contributed by atoms with Crippen molar-refractivity contribution in [1.82, 2.24) is 9.13 Å². The number of para-hydroxylation sites is 8. The Morgan fingerprint density at radius 2 is 0.714 bits per heavy atom. The van der Waals surface area contributed by atoms with Gasteiger partial charge < -0.3 is 28.0 Å². The Hall–Kier alpha value is -7.18. The highest BCUT2D eigenvalue weighted by atomic mass is 79.9. The number of furan rings is 2. The Morgan fingerprint density at radius 1 is 0.329 bits per heavy atom. The highest BCUT2D eigenvalue weighted by molar-refractivity contribution is 9.11. The molecule has 0 aliphatic carbocycles. The van der Waals surface area contributed by atoms with Gasteiger partial charge in [-0.25, -0.2) is 0 Å². The second-order valence-corrected chi connectivity index (χ2v) is 19.6. The van der Waals surface area contributed by atoms with E-state index in [9.17, 15) is 10.0 Å². The topological polar surface area (TPSA) is 76.6 Å². The van der Waals surface area contributed by atoms with Crippen LogP contribution in [0.5, 0.6) is 0 Å². The van der Waals surface area contributed by atoms with Crippen LogP contribution < -0.4 is 5.46 Å². The lowest BCUT2D eigenvalue weighted by Gasteiger charge is -2.08. The summed E-state index contributed by atoms with van der Waals surface area (Å²) in [7, 11) is -1.46. The molecule has 0 aliphatic heterocycles. The Labute approximate surface area is 427 Å². The zero-order valence-electron chi connectivity index (χ0n) is 37.1. The van der Waals surface area contributed by atoms with Gasteiger partial charge in [0.25, 0.3) is 0 Å². The smallest absolute Gasteiger partial charge is 0.454 e.